The van der Waals surface area contributed by atoms with E-state index < -0.39 is 15.6 Å². The molecule has 0 spiro atoms. The summed E-state index contributed by atoms with van der Waals surface area (Å²) in [7, 11) is -3.41. The molecule has 0 atom stereocenters. The molecule has 0 radical (unpaired) electrons. The second-order valence-corrected chi connectivity index (χ2v) is 7.94. The van der Waals surface area contributed by atoms with Gasteiger partial charge in [0.05, 0.1) is 0 Å². The van der Waals surface area contributed by atoms with Gasteiger partial charge >= 0.3 is 0 Å². The van der Waals surface area contributed by atoms with Crippen molar-refractivity contribution in [3.63, 3.8) is 0 Å². The van der Waals surface area contributed by atoms with Crippen molar-refractivity contribution in [3.8, 4) is 0 Å². The van der Waals surface area contributed by atoms with Gasteiger partial charge in [0.1, 0.15) is 4.21 Å². The fraction of sp³-hybridized carbons (Fsp3) is 0.600. The molecule has 1 N–H and O–H groups in total. The first-order valence-corrected chi connectivity index (χ1v) is 8.21. The maximum Gasteiger partial charge on any atom is 0.251 e. The predicted molar refractivity (Wildman–Crippen MR) is 71.3 cm³/mol. The zero-order chi connectivity index (χ0) is 12.4. The first-order valence-electron chi connectivity index (χ1n) is 5.05. The number of hydrogen-bond donors (Lipinski definition) is 1. The molecule has 0 aliphatic carbocycles. The van der Waals surface area contributed by atoms with Gasteiger partial charge < -0.3 is 0 Å². The Balaban J connectivity index is 2.93. The molecule has 0 saturated heterocycles. The van der Waals surface area contributed by atoms with Crippen molar-refractivity contribution in [2.45, 2.75) is 43.4 Å². The van der Waals surface area contributed by atoms with E-state index in [0.29, 0.717) is 8.68 Å². The lowest BCUT2D eigenvalue weighted by Crippen LogP contribution is -2.42. The van der Waals surface area contributed by atoms with Crippen LogP contribution in [0.2, 0.25) is 0 Å². The molecule has 6 heteroatoms. The first kappa shape index (κ1) is 14.2. The summed E-state index contributed by atoms with van der Waals surface area (Å²) in [6, 6.07) is 1.74. The molecule has 0 unspecified atom stereocenters. The number of nitrogens with one attached hydrogen (secondary N) is 1. The van der Waals surface area contributed by atoms with E-state index in [-0.39, 0.29) is 0 Å². The Morgan fingerprint density at radius 1 is 1.50 bits per heavy atom. The Labute approximate surface area is 109 Å². The van der Waals surface area contributed by atoms with Crippen LogP contribution in [0.5, 0.6) is 0 Å². The molecule has 16 heavy (non-hydrogen) atoms. The second kappa shape index (κ2) is 5.16. The summed E-state index contributed by atoms with van der Waals surface area (Å²) in [5.41, 5.74) is -0.406. The standard InChI is InChI=1S/C10H16BrNO2S2/c1-4-6-10(2,3)12-16(13,14)9-8(11)5-7-15-9/h5,7,12H,4,6H2,1-3H3. The fourth-order valence-electron chi connectivity index (χ4n) is 1.56. The molecule has 1 heterocycles. The lowest BCUT2D eigenvalue weighted by molar-refractivity contribution is 0.418. The smallest absolute Gasteiger partial charge is 0.206 e. The summed E-state index contributed by atoms with van der Waals surface area (Å²) in [6.07, 6.45) is 1.76. The molecular formula is C10H16BrNO2S2. The molecule has 0 aliphatic heterocycles. The molecule has 1 aromatic heterocycles. The summed E-state index contributed by atoms with van der Waals surface area (Å²) in [6.45, 7) is 5.84. The van der Waals surface area contributed by atoms with E-state index in [1.807, 2.05) is 20.8 Å². The van der Waals surface area contributed by atoms with E-state index in [1.165, 1.54) is 11.3 Å². The van der Waals surface area contributed by atoms with E-state index in [1.54, 1.807) is 11.4 Å². The number of thiophene rings is 1. The van der Waals surface area contributed by atoms with Gasteiger partial charge in [-0.3, -0.25) is 0 Å². The monoisotopic (exact) mass is 325 g/mol. The van der Waals surface area contributed by atoms with Crippen LogP contribution in [-0.2, 0) is 10.0 Å². The van der Waals surface area contributed by atoms with E-state index in [0.717, 1.165) is 12.8 Å². The third kappa shape index (κ3) is 3.55. The quantitative estimate of drug-likeness (QED) is 0.902. The Hall–Kier alpha value is 0.0900. The molecule has 1 rings (SSSR count). The van der Waals surface area contributed by atoms with Gasteiger partial charge in [-0.15, -0.1) is 11.3 Å². The highest BCUT2D eigenvalue weighted by atomic mass is 79.9. The van der Waals surface area contributed by atoms with E-state index in [4.69, 9.17) is 0 Å². The third-order valence-electron chi connectivity index (χ3n) is 2.11. The van der Waals surface area contributed by atoms with Crippen LogP contribution in [0, 0.1) is 0 Å². The topological polar surface area (TPSA) is 46.2 Å². The van der Waals surface area contributed by atoms with E-state index in [9.17, 15) is 8.42 Å². The van der Waals surface area contributed by atoms with Crippen LogP contribution in [0.4, 0.5) is 0 Å². The maximum atomic E-state index is 12.1. The molecule has 0 aromatic carbocycles. The molecular weight excluding hydrogens is 310 g/mol. The highest BCUT2D eigenvalue weighted by molar-refractivity contribution is 9.10. The Morgan fingerprint density at radius 2 is 2.12 bits per heavy atom. The molecule has 0 aliphatic rings. The van der Waals surface area contributed by atoms with Crippen molar-refractivity contribution in [1.82, 2.24) is 4.72 Å². The third-order valence-corrected chi connectivity index (χ3v) is 6.48. The van der Waals surface area contributed by atoms with E-state index >= 15 is 0 Å². The summed E-state index contributed by atoms with van der Waals surface area (Å²) in [5.74, 6) is 0. The molecule has 0 fully saturated rings. The van der Waals surface area contributed by atoms with Gasteiger partial charge in [-0.25, -0.2) is 13.1 Å². The van der Waals surface area contributed by atoms with Crippen LogP contribution in [0.25, 0.3) is 0 Å². The van der Waals surface area contributed by atoms with Crippen molar-refractivity contribution in [2.75, 3.05) is 0 Å². The molecule has 0 amide bonds. The van der Waals surface area contributed by atoms with Crippen molar-refractivity contribution in [1.29, 1.82) is 0 Å². The Kier molecular flexibility index (Phi) is 4.57. The van der Waals surface area contributed by atoms with Crippen molar-refractivity contribution in [2.24, 2.45) is 0 Å². The minimum absolute atomic E-state index is 0.344. The summed E-state index contributed by atoms with van der Waals surface area (Å²) < 4.78 is 27.8. The van der Waals surface area contributed by atoms with Gasteiger partial charge in [-0.05, 0) is 47.6 Å². The van der Waals surface area contributed by atoms with Gasteiger partial charge in [0.2, 0.25) is 0 Å². The summed E-state index contributed by atoms with van der Waals surface area (Å²) in [5, 5.41) is 1.76. The average Bonchev–Trinajstić information content (AvgIpc) is 2.49. The Morgan fingerprint density at radius 3 is 2.56 bits per heavy atom. The van der Waals surface area contributed by atoms with Crippen LogP contribution in [-0.4, -0.2) is 14.0 Å². The van der Waals surface area contributed by atoms with Crippen molar-refractivity contribution < 1.29 is 8.42 Å². The van der Waals surface area contributed by atoms with Gasteiger partial charge in [0.25, 0.3) is 10.0 Å². The maximum absolute atomic E-state index is 12.1. The van der Waals surface area contributed by atoms with Crippen LogP contribution in [0.15, 0.2) is 20.1 Å². The zero-order valence-electron chi connectivity index (χ0n) is 9.58. The molecule has 0 saturated carbocycles. The van der Waals surface area contributed by atoms with Crippen LogP contribution in [0.1, 0.15) is 33.6 Å². The van der Waals surface area contributed by atoms with Crippen LogP contribution < -0.4 is 4.72 Å². The number of hydrogen-bond acceptors (Lipinski definition) is 3. The van der Waals surface area contributed by atoms with Gasteiger partial charge in [-0.1, -0.05) is 13.3 Å². The molecule has 1 aromatic rings. The minimum Gasteiger partial charge on any atom is -0.206 e. The minimum atomic E-state index is -3.41. The largest absolute Gasteiger partial charge is 0.251 e. The van der Waals surface area contributed by atoms with Crippen LogP contribution in [0.3, 0.4) is 0 Å². The summed E-state index contributed by atoms with van der Waals surface area (Å²) in [4.78, 5) is 0. The molecule has 92 valence electrons. The predicted octanol–water partition coefficient (Wildman–Crippen LogP) is 3.37. The average molecular weight is 326 g/mol. The zero-order valence-corrected chi connectivity index (χ0v) is 12.8. The highest BCUT2D eigenvalue weighted by Crippen LogP contribution is 2.28. The normalized spacial score (nSPS) is 13.0. The SMILES string of the molecule is CCCC(C)(C)NS(=O)(=O)c1sccc1Br. The van der Waals surface area contributed by atoms with Gasteiger partial charge in [0.15, 0.2) is 0 Å². The molecule has 3 nitrogen and oxygen atoms in total. The lowest BCUT2D eigenvalue weighted by Gasteiger charge is -2.25. The molecule has 0 bridgehead atoms. The number of rotatable bonds is 5. The number of halogens is 1. The second-order valence-electron chi connectivity index (χ2n) is 4.30. The lowest BCUT2D eigenvalue weighted by atomic mass is 10.0. The van der Waals surface area contributed by atoms with Crippen LogP contribution >= 0.6 is 27.3 Å². The van der Waals surface area contributed by atoms with Gasteiger partial charge in [0, 0.05) is 10.0 Å². The highest BCUT2D eigenvalue weighted by Gasteiger charge is 2.27. The van der Waals surface area contributed by atoms with Crippen molar-refractivity contribution in [3.05, 3.63) is 15.9 Å². The number of sulfonamides is 1. The van der Waals surface area contributed by atoms with Crippen molar-refractivity contribution >= 4 is 37.3 Å². The first-order chi connectivity index (χ1) is 7.28. The van der Waals surface area contributed by atoms with E-state index in [2.05, 4.69) is 20.7 Å². The fourth-order valence-corrected chi connectivity index (χ4v) is 5.34. The Bertz CT molecular complexity index is 451. The van der Waals surface area contributed by atoms with Gasteiger partial charge in [-0.2, -0.15) is 0 Å². The summed E-state index contributed by atoms with van der Waals surface area (Å²) >= 11 is 4.46.